The van der Waals surface area contributed by atoms with E-state index in [9.17, 15) is 9.59 Å². The van der Waals surface area contributed by atoms with E-state index >= 15 is 0 Å². The molecule has 1 aromatic rings. The van der Waals surface area contributed by atoms with Crippen LogP contribution in [0.2, 0.25) is 0 Å². The number of ketones is 1. The van der Waals surface area contributed by atoms with Gasteiger partial charge in [0.25, 0.3) is 0 Å². The number of unbranched alkanes of at least 4 members (excludes halogenated alkanes) is 1. The van der Waals surface area contributed by atoms with Crippen molar-refractivity contribution in [3.63, 3.8) is 0 Å². The molecule has 27 heavy (non-hydrogen) atoms. The molecule has 1 rings (SSSR count). The first kappa shape index (κ1) is 23.2. The molecule has 0 aromatic heterocycles. The van der Waals surface area contributed by atoms with Crippen LogP contribution in [0.4, 0.5) is 4.79 Å². The van der Waals surface area contributed by atoms with E-state index in [0.717, 1.165) is 24.8 Å². The van der Waals surface area contributed by atoms with Crippen LogP contribution >= 0.6 is 0 Å². The molecule has 0 unspecified atom stereocenters. The Labute approximate surface area is 164 Å². The Bertz CT molecular complexity index is 567. The summed E-state index contributed by atoms with van der Waals surface area (Å²) >= 11 is 0. The molecular weight excluding hydrogens is 340 g/mol. The zero-order valence-corrected chi connectivity index (χ0v) is 17.3. The molecular formula is C22H36N2O3. The van der Waals surface area contributed by atoms with Crippen molar-refractivity contribution in [3.8, 4) is 0 Å². The van der Waals surface area contributed by atoms with E-state index in [2.05, 4.69) is 31.3 Å². The van der Waals surface area contributed by atoms with Crippen LogP contribution in [-0.4, -0.2) is 24.5 Å². The first-order valence-electron chi connectivity index (χ1n) is 10.0. The molecule has 1 amide bonds. The number of hydrogen-bond donors (Lipinski definition) is 2. The molecule has 0 bridgehead atoms. The molecule has 1 atom stereocenters. The lowest BCUT2D eigenvalue weighted by molar-refractivity contribution is -0.121. The fourth-order valence-electron chi connectivity index (χ4n) is 2.84. The maximum Gasteiger partial charge on any atom is 0.407 e. The summed E-state index contributed by atoms with van der Waals surface area (Å²) in [6, 6.07) is 7.78. The van der Waals surface area contributed by atoms with Crippen LogP contribution in [0.3, 0.4) is 0 Å². The van der Waals surface area contributed by atoms with Gasteiger partial charge in [0.1, 0.15) is 12.4 Å². The van der Waals surface area contributed by atoms with E-state index in [4.69, 9.17) is 10.5 Å². The van der Waals surface area contributed by atoms with Crippen LogP contribution in [0.25, 0.3) is 0 Å². The van der Waals surface area contributed by atoms with Crippen molar-refractivity contribution in [1.82, 2.24) is 5.32 Å². The van der Waals surface area contributed by atoms with E-state index in [1.54, 1.807) is 0 Å². The van der Waals surface area contributed by atoms with Crippen LogP contribution in [-0.2, 0) is 22.6 Å². The summed E-state index contributed by atoms with van der Waals surface area (Å²) in [5, 5.41) is 2.74. The molecule has 0 aliphatic carbocycles. The van der Waals surface area contributed by atoms with E-state index in [1.165, 1.54) is 5.56 Å². The predicted octanol–water partition coefficient (Wildman–Crippen LogP) is 4.22. The second-order valence-corrected chi connectivity index (χ2v) is 8.08. The lowest BCUT2D eigenvalue weighted by Crippen LogP contribution is -2.31. The van der Waals surface area contributed by atoms with Crippen molar-refractivity contribution >= 4 is 11.9 Å². The van der Waals surface area contributed by atoms with Gasteiger partial charge in [0.05, 0.1) is 6.04 Å². The summed E-state index contributed by atoms with van der Waals surface area (Å²) in [4.78, 5) is 23.5. The van der Waals surface area contributed by atoms with Gasteiger partial charge >= 0.3 is 6.09 Å². The molecule has 0 aliphatic heterocycles. The van der Waals surface area contributed by atoms with Gasteiger partial charge in [-0.05, 0) is 48.6 Å². The summed E-state index contributed by atoms with van der Waals surface area (Å²) in [6.07, 6.45) is 3.41. The van der Waals surface area contributed by atoms with Gasteiger partial charge in [0, 0.05) is 13.0 Å². The van der Waals surface area contributed by atoms with Gasteiger partial charge < -0.3 is 15.8 Å². The number of carbonyl (C=O) groups is 2. The van der Waals surface area contributed by atoms with Gasteiger partial charge in [0.2, 0.25) is 0 Å². The Morgan fingerprint density at radius 1 is 1.00 bits per heavy atom. The van der Waals surface area contributed by atoms with Gasteiger partial charge in [-0.25, -0.2) is 4.79 Å². The van der Waals surface area contributed by atoms with Crippen LogP contribution in [0.1, 0.15) is 64.5 Å². The molecule has 1 aromatic carbocycles. The lowest BCUT2D eigenvalue weighted by atomic mass is 9.99. The van der Waals surface area contributed by atoms with Crippen LogP contribution in [0.15, 0.2) is 24.3 Å². The number of amides is 1. The van der Waals surface area contributed by atoms with Gasteiger partial charge in [-0.3, -0.25) is 4.79 Å². The zero-order chi connectivity index (χ0) is 20.2. The maximum atomic E-state index is 11.8. The average Bonchev–Trinajstić information content (AvgIpc) is 2.59. The van der Waals surface area contributed by atoms with Crippen LogP contribution in [0.5, 0.6) is 0 Å². The van der Waals surface area contributed by atoms with Crippen molar-refractivity contribution in [2.75, 3.05) is 6.54 Å². The van der Waals surface area contributed by atoms with Crippen molar-refractivity contribution in [3.05, 3.63) is 35.4 Å². The number of benzene rings is 1. The summed E-state index contributed by atoms with van der Waals surface area (Å²) in [5.41, 5.74) is 8.17. The average molecular weight is 377 g/mol. The number of rotatable bonds is 12. The fraction of sp³-hybridized carbons (Fsp3) is 0.636. The highest BCUT2D eigenvalue weighted by atomic mass is 16.5. The standard InChI is InChI=1S/C22H36N2O3/c1-16(2)13-18-8-10-19(11-9-18)15-27-22(26)24-12-6-5-7-20(23)21(25)14-17(3)4/h8-11,16-17,20H,5-7,12-15,23H2,1-4H3,(H,24,26)/t20-/m0/s1. The molecule has 0 spiro atoms. The summed E-state index contributed by atoms with van der Waals surface area (Å²) in [7, 11) is 0. The number of alkyl carbamates (subject to hydrolysis) is 1. The number of nitrogens with one attached hydrogen (secondary N) is 1. The molecule has 0 saturated heterocycles. The second kappa shape index (κ2) is 12.5. The van der Waals surface area contributed by atoms with Crippen molar-refractivity contribution in [2.24, 2.45) is 17.6 Å². The smallest absolute Gasteiger partial charge is 0.407 e. The third-order valence-electron chi connectivity index (χ3n) is 4.27. The summed E-state index contributed by atoms with van der Waals surface area (Å²) < 4.78 is 5.23. The number of hydrogen-bond acceptors (Lipinski definition) is 4. The number of Topliss-reactive ketones (excluding diaryl/α,β-unsaturated/α-hetero) is 1. The van der Waals surface area contributed by atoms with Crippen LogP contribution in [0, 0.1) is 11.8 Å². The minimum Gasteiger partial charge on any atom is -0.445 e. The molecule has 5 nitrogen and oxygen atoms in total. The number of ether oxygens (including phenoxy) is 1. The van der Waals surface area contributed by atoms with Crippen molar-refractivity contribution < 1.29 is 14.3 Å². The normalized spacial score (nSPS) is 12.3. The topological polar surface area (TPSA) is 81.4 Å². The van der Waals surface area contributed by atoms with E-state index < -0.39 is 12.1 Å². The Morgan fingerprint density at radius 2 is 1.63 bits per heavy atom. The minimum atomic E-state index is -0.415. The number of carbonyl (C=O) groups excluding carboxylic acids is 2. The molecule has 152 valence electrons. The van der Waals surface area contributed by atoms with Crippen molar-refractivity contribution in [2.45, 2.75) is 72.4 Å². The van der Waals surface area contributed by atoms with Gasteiger partial charge in [-0.2, -0.15) is 0 Å². The Morgan fingerprint density at radius 3 is 2.22 bits per heavy atom. The molecule has 5 heteroatoms. The molecule has 0 saturated carbocycles. The Hall–Kier alpha value is -1.88. The molecule has 3 N–H and O–H groups in total. The Kier molecular flexibility index (Phi) is 10.7. The molecule has 0 aliphatic rings. The first-order valence-corrected chi connectivity index (χ1v) is 10.0. The minimum absolute atomic E-state index is 0.122. The Balaban J connectivity index is 2.14. The predicted molar refractivity (Wildman–Crippen MR) is 109 cm³/mol. The zero-order valence-electron chi connectivity index (χ0n) is 17.3. The van der Waals surface area contributed by atoms with E-state index in [0.29, 0.717) is 31.2 Å². The van der Waals surface area contributed by atoms with Gasteiger partial charge in [-0.15, -0.1) is 0 Å². The molecule has 0 fully saturated rings. The molecule has 0 radical (unpaired) electrons. The highest BCUT2D eigenvalue weighted by Gasteiger charge is 2.14. The summed E-state index contributed by atoms with van der Waals surface area (Å²) in [5.74, 6) is 1.09. The van der Waals surface area contributed by atoms with Crippen LogP contribution < -0.4 is 11.1 Å². The highest BCUT2D eigenvalue weighted by Crippen LogP contribution is 2.11. The second-order valence-electron chi connectivity index (χ2n) is 8.08. The SMILES string of the molecule is CC(C)CC(=O)[C@@H](N)CCCCNC(=O)OCc1ccc(CC(C)C)cc1. The fourth-order valence-corrected chi connectivity index (χ4v) is 2.84. The van der Waals surface area contributed by atoms with Gasteiger partial charge in [-0.1, -0.05) is 52.0 Å². The highest BCUT2D eigenvalue weighted by molar-refractivity contribution is 5.83. The quantitative estimate of drug-likeness (QED) is 0.535. The monoisotopic (exact) mass is 376 g/mol. The van der Waals surface area contributed by atoms with Crippen molar-refractivity contribution in [1.29, 1.82) is 0 Å². The number of nitrogens with two attached hydrogens (primary N) is 1. The maximum absolute atomic E-state index is 11.8. The van der Waals surface area contributed by atoms with E-state index in [1.807, 2.05) is 26.0 Å². The largest absolute Gasteiger partial charge is 0.445 e. The third kappa shape index (κ3) is 10.8. The first-order chi connectivity index (χ1) is 12.8. The summed E-state index contributed by atoms with van der Waals surface area (Å²) in [6.45, 7) is 9.21. The van der Waals surface area contributed by atoms with Gasteiger partial charge in [0.15, 0.2) is 0 Å². The lowest BCUT2D eigenvalue weighted by Gasteiger charge is -2.12. The third-order valence-corrected chi connectivity index (χ3v) is 4.27. The molecule has 0 heterocycles. The van der Waals surface area contributed by atoms with E-state index in [-0.39, 0.29) is 12.4 Å².